The van der Waals surface area contributed by atoms with Crippen LogP contribution < -0.4 is 5.73 Å². The van der Waals surface area contributed by atoms with Crippen molar-refractivity contribution in [3.8, 4) is 0 Å². The fraction of sp³-hybridized carbons (Fsp3) is 0.294. The number of nitrogens with zero attached hydrogens (tertiary/aromatic N) is 1. The average molecular weight is 420 g/mol. The maximum Gasteiger partial charge on any atom is 0.416 e. The molecule has 0 radical (unpaired) electrons. The Labute approximate surface area is 157 Å². The molecule has 0 saturated heterocycles. The molecule has 152 valence electrons. The largest absolute Gasteiger partial charge is 0.481 e. The molecule has 0 bridgehead atoms. The number of carboxylic acids is 1. The summed E-state index contributed by atoms with van der Waals surface area (Å²) in [4.78, 5) is 25.4. The maximum atomic E-state index is 13.5. The van der Waals surface area contributed by atoms with Crippen LogP contribution in [0.15, 0.2) is 36.5 Å². The maximum absolute atomic E-state index is 13.5. The molecular formula is C17H17F4N2O4P. The lowest BCUT2D eigenvalue weighted by Crippen LogP contribution is -2.21. The van der Waals surface area contributed by atoms with Crippen LogP contribution in [0.2, 0.25) is 0 Å². The van der Waals surface area contributed by atoms with E-state index in [0.717, 1.165) is 6.07 Å². The van der Waals surface area contributed by atoms with Crippen LogP contribution in [0.1, 0.15) is 16.7 Å². The van der Waals surface area contributed by atoms with Crippen molar-refractivity contribution < 1.29 is 36.9 Å². The number of aromatic nitrogens is 1. The molecule has 0 spiro atoms. The van der Waals surface area contributed by atoms with E-state index in [1.54, 1.807) is 0 Å². The van der Waals surface area contributed by atoms with Gasteiger partial charge in [0.25, 0.3) is 0 Å². The summed E-state index contributed by atoms with van der Waals surface area (Å²) >= 11 is 0. The zero-order chi connectivity index (χ0) is 21.1. The van der Waals surface area contributed by atoms with Gasteiger partial charge in [0.05, 0.1) is 11.5 Å². The zero-order valence-electron chi connectivity index (χ0n) is 14.4. The SMILES string of the molecule is Nc1ccc(CC(CP(=O)(O)Cc2cc(F)cc(C(F)(F)F)c2)C(=O)O)cn1. The van der Waals surface area contributed by atoms with Gasteiger partial charge in [-0.25, -0.2) is 9.37 Å². The third-order valence-corrected chi connectivity index (χ3v) is 5.77. The van der Waals surface area contributed by atoms with E-state index in [1.165, 1.54) is 18.3 Å². The van der Waals surface area contributed by atoms with Gasteiger partial charge in [-0.15, -0.1) is 0 Å². The molecule has 1 aromatic heterocycles. The minimum Gasteiger partial charge on any atom is -0.481 e. The summed E-state index contributed by atoms with van der Waals surface area (Å²) in [5.41, 5.74) is 4.28. The van der Waals surface area contributed by atoms with Crippen molar-refractivity contribution in [3.05, 3.63) is 59.0 Å². The lowest BCUT2D eigenvalue weighted by atomic mass is 10.0. The first-order valence-corrected chi connectivity index (χ1v) is 9.99. The highest BCUT2D eigenvalue weighted by Gasteiger charge is 2.33. The van der Waals surface area contributed by atoms with Gasteiger partial charge in [0.15, 0.2) is 0 Å². The van der Waals surface area contributed by atoms with Crippen molar-refractivity contribution in [1.29, 1.82) is 0 Å². The predicted molar refractivity (Wildman–Crippen MR) is 93.3 cm³/mol. The summed E-state index contributed by atoms with van der Waals surface area (Å²) in [6.07, 6.45) is -5.08. The number of alkyl halides is 3. The minimum absolute atomic E-state index is 0.121. The van der Waals surface area contributed by atoms with E-state index in [9.17, 15) is 36.9 Å². The second-order valence-corrected chi connectivity index (χ2v) is 8.74. The molecule has 2 unspecified atom stereocenters. The number of carboxylic acid groups (broad SMARTS) is 1. The summed E-state index contributed by atoms with van der Waals surface area (Å²) in [6.45, 7) is 0. The first-order valence-electron chi connectivity index (χ1n) is 7.96. The van der Waals surface area contributed by atoms with E-state index in [4.69, 9.17) is 5.73 Å². The number of pyridine rings is 1. The van der Waals surface area contributed by atoms with Crippen molar-refractivity contribution in [2.24, 2.45) is 5.92 Å². The molecule has 0 aliphatic rings. The molecule has 0 fully saturated rings. The van der Waals surface area contributed by atoms with Gasteiger partial charge in [-0.05, 0) is 41.8 Å². The van der Waals surface area contributed by atoms with Gasteiger partial charge in [0.1, 0.15) is 11.6 Å². The summed E-state index contributed by atoms with van der Waals surface area (Å²) in [6, 6.07) is 4.53. The molecule has 6 nitrogen and oxygen atoms in total. The summed E-state index contributed by atoms with van der Waals surface area (Å²) < 4.78 is 64.3. The second-order valence-electron chi connectivity index (χ2n) is 6.36. The van der Waals surface area contributed by atoms with Gasteiger partial charge in [-0.1, -0.05) is 6.07 Å². The van der Waals surface area contributed by atoms with Crippen LogP contribution in [0.25, 0.3) is 0 Å². The van der Waals surface area contributed by atoms with Gasteiger partial charge >= 0.3 is 12.1 Å². The van der Waals surface area contributed by atoms with Gasteiger partial charge in [-0.2, -0.15) is 13.2 Å². The Kier molecular flexibility index (Phi) is 6.46. The van der Waals surface area contributed by atoms with Crippen LogP contribution in [-0.4, -0.2) is 27.1 Å². The molecular weight excluding hydrogens is 403 g/mol. The average Bonchev–Trinajstić information content (AvgIpc) is 2.54. The molecule has 0 saturated carbocycles. The molecule has 2 atom stereocenters. The predicted octanol–water partition coefficient (Wildman–Crippen LogP) is 3.54. The van der Waals surface area contributed by atoms with E-state index in [2.05, 4.69) is 4.98 Å². The fourth-order valence-corrected chi connectivity index (χ4v) is 4.53. The molecule has 2 aromatic rings. The summed E-state index contributed by atoms with van der Waals surface area (Å²) in [5, 5.41) is 9.33. The number of hydrogen-bond donors (Lipinski definition) is 3. The number of halogens is 4. The Morgan fingerprint density at radius 2 is 1.89 bits per heavy atom. The number of carbonyl (C=O) groups is 1. The van der Waals surface area contributed by atoms with E-state index in [0.29, 0.717) is 11.6 Å². The topological polar surface area (TPSA) is 114 Å². The summed E-state index contributed by atoms with van der Waals surface area (Å²) in [7, 11) is -4.22. The molecule has 0 aliphatic heterocycles. The number of anilines is 1. The van der Waals surface area contributed by atoms with Crippen LogP contribution in [0.4, 0.5) is 23.4 Å². The molecule has 1 aromatic carbocycles. The first-order chi connectivity index (χ1) is 12.9. The number of hydrogen-bond acceptors (Lipinski definition) is 4. The minimum atomic E-state index is -4.82. The normalized spacial score (nSPS) is 15.0. The van der Waals surface area contributed by atoms with Gasteiger partial charge < -0.3 is 15.7 Å². The number of benzene rings is 1. The standard InChI is InChI=1S/C17H17F4N2O4P/c18-14-5-11(4-13(6-14)17(19,20)21)8-28(26,27)9-12(16(24)25)3-10-1-2-15(22)23-7-10/h1-2,4-7,12H,3,8-9H2,(H2,22,23)(H,24,25)(H,26,27). The molecule has 2 rings (SSSR count). The lowest BCUT2D eigenvalue weighted by Gasteiger charge is -2.18. The van der Waals surface area contributed by atoms with E-state index < -0.39 is 49.1 Å². The number of aliphatic carboxylic acids is 1. The highest BCUT2D eigenvalue weighted by Crippen LogP contribution is 2.47. The molecule has 11 heteroatoms. The van der Waals surface area contributed by atoms with Crippen LogP contribution in [-0.2, 0) is 28.1 Å². The third-order valence-electron chi connectivity index (χ3n) is 3.90. The smallest absolute Gasteiger partial charge is 0.416 e. The van der Waals surface area contributed by atoms with Crippen molar-refractivity contribution in [1.82, 2.24) is 4.98 Å². The molecule has 4 N–H and O–H groups in total. The number of nitrogens with two attached hydrogens (primary N) is 1. The van der Waals surface area contributed by atoms with Crippen molar-refractivity contribution in [2.45, 2.75) is 18.8 Å². The highest BCUT2D eigenvalue weighted by molar-refractivity contribution is 7.57. The first kappa shape index (κ1) is 21.8. The molecule has 28 heavy (non-hydrogen) atoms. The van der Waals surface area contributed by atoms with Crippen LogP contribution >= 0.6 is 7.37 Å². The van der Waals surface area contributed by atoms with Crippen LogP contribution in [0.3, 0.4) is 0 Å². The van der Waals surface area contributed by atoms with E-state index in [-0.39, 0.29) is 23.9 Å². The van der Waals surface area contributed by atoms with Crippen LogP contribution in [0, 0.1) is 11.7 Å². The second kappa shape index (κ2) is 8.28. The van der Waals surface area contributed by atoms with Gasteiger partial charge in [0.2, 0.25) is 7.37 Å². The molecule has 1 heterocycles. The zero-order valence-corrected chi connectivity index (χ0v) is 15.3. The Balaban J connectivity index is 2.18. The van der Waals surface area contributed by atoms with Gasteiger partial charge in [0, 0.05) is 18.5 Å². The van der Waals surface area contributed by atoms with Crippen LogP contribution in [0.5, 0.6) is 0 Å². The highest BCUT2D eigenvalue weighted by atomic mass is 31.2. The van der Waals surface area contributed by atoms with Crippen molar-refractivity contribution >= 4 is 19.2 Å². The Morgan fingerprint density at radius 1 is 1.21 bits per heavy atom. The molecule has 0 amide bonds. The summed E-state index contributed by atoms with van der Waals surface area (Å²) in [5.74, 6) is -3.61. The Morgan fingerprint density at radius 3 is 2.43 bits per heavy atom. The Bertz CT molecular complexity index is 903. The van der Waals surface area contributed by atoms with E-state index in [1.807, 2.05) is 0 Å². The third kappa shape index (κ3) is 6.31. The lowest BCUT2D eigenvalue weighted by molar-refractivity contribution is -0.141. The van der Waals surface area contributed by atoms with Crippen molar-refractivity contribution in [3.63, 3.8) is 0 Å². The van der Waals surface area contributed by atoms with Gasteiger partial charge in [-0.3, -0.25) is 9.36 Å². The molecule has 0 aliphatic carbocycles. The Hall–Kier alpha value is -2.45. The number of nitrogen functional groups attached to an aromatic ring is 1. The number of rotatable bonds is 7. The van der Waals surface area contributed by atoms with E-state index >= 15 is 0 Å². The van der Waals surface area contributed by atoms with Crippen molar-refractivity contribution in [2.75, 3.05) is 11.9 Å². The quantitative estimate of drug-likeness (QED) is 0.467. The fourth-order valence-electron chi connectivity index (χ4n) is 2.67. The monoisotopic (exact) mass is 420 g/mol.